The highest BCUT2D eigenvalue weighted by atomic mass is 28.4. The summed E-state index contributed by atoms with van der Waals surface area (Å²) in [6.07, 6.45) is 5.65. The Labute approximate surface area is 122 Å². The minimum atomic E-state index is -1.69. The zero-order valence-electron chi connectivity index (χ0n) is 13.2. The molecule has 0 radical (unpaired) electrons. The quantitative estimate of drug-likeness (QED) is 0.484. The van der Waals surface area contributed by atoms with Crippen LogP contribution < -0.4 is 0 Å². The summed E-state index contributed by atoms with van der Waals surface area (Å²) in [7, 11) is -1.69. The van der Waals surface area contributed by atoms with Crippen molar-refractivity contribution in [1.29, 1.82) is 0 Å². The third kappa shape index (κ3) is 3.06. The fraction of sp³-hybridized carbons (Fsp3) is 0.688. The van der Waals surface area contributed by atoms with Gasteiger partial charge in [-0.3, -0.25) is 0 Å². The van der Waals surface area contributed by atoms with Gasteiger partial charge in [-0.25, -0.2) is 4.79 Å². The van der Waals surface area contributed by atoms with Crippen molar-refractivity contribution >= 4 is 14.3 Å². The number of carbonyl (C=O) groups is 1. The summed E-state index contributed by atoms with van der Waals surface area (Å²) in [5.41, 5.74) is 2.43. The average molecular weight is 294 g/mol. The maximum Gasteiger partial charge on any atom is 0.328 e. The van der Waals surface area contributed by atoms with Crippen LogP contribution in [-0.2, 0) is 9.22 Å². The molecule has 4 heteroatoms. The van der Waals surface area contributed by atoms with E-state index < -0.39 is 14.3 Å². The summed E-state index contributed by atoms with van der Waals surface area (Å²) < 4.78 is 6.25. The lowest BCUT2D eigenvalue weighted by atomic mass is 9.71. The molecule has 0 aliphatic heterocycles. The molecule has 0 aromatic heterocycles. The zero-order valence-corrected chi connectivity index (χ0v) is 14.2. The largest absolute Gasteiger partial charge is 0.478 e. The third-order valence-electron chi connectivity index (χ3n) is 5.11. The molecule has 112 valence electrons. The highest BCUT2D eigenvalue weighted by molar-refractivity contribution is 6.74. The van der Waals surface area contributed by atoms with Gasteiger partial charge in [0.25, 0.3) is 0 Å². The number of carboxylic acid groups (broad SMARTS) is 1. The van der Waals surface area contributed by atoms with E-state index in [1.165, 1.54) is 11.6 Å². The molecule has 0 unspecified atom stereocenters. The van der Waals surface area contributed by atoms with Crippen LogP contribution in [0, 0.1) is 11.8 Å². The van der Waals surface area contributed by atoms with Crippen molar-refractivity contribution in [2.45, 2.75) is 51.7 Å². The van der Waals surface area contributed by atoms with Crippen LogP contribution in [0.5, 0.6) is 0 Å². The lowest BCUT2D eigenvalue weighted by Crippen LogP contribution is -2.41. The van der Waals surface area contributed by atoms with E-state index in [-0.39, 0.29) is 5.04 Å². The molecule has 2 rings (SSSR count). The van der Waals surface area contributed by atoms with Crippen LogP contribution in [0.1, 0.15) is 33.6 Å². The van der Waals surface area contributed by atoms with Crippen LogP contribution in [0.2, 0.25) is 18.1 Å². The molecule has 0 heterocycles. The average Bonchev–Trinajstić information content (AvgIpc) is 2.59. The van der Waals surface area contributed by atoms with Crippen molar-refractivity contribution in [3.05, 3.63) is 23.3 Å². The fourth-order valence-corrected chi connectivity index (χ4v) is 3.70. The summed E-state index contributed by atoms with van der Waals surface area (Å²) in [6, 6.07) is 0. The van der Waals surface area contributed by atoms with E-state index in [0.29, 0.717) is 11.8 Å². The second-order valence-corrected chi connectivity index (χ2v) is 12.4. The first-order valence-corrected chi connectivity index (χ1v) is 10.3. The van der Waals surface area contributed by atoms with Crippen LogP contribution in [-0.4, -0.2) is 26.0 Å². The van der Waals surface area contributed by atoms with Crippen molar-refractivity contribution < 1.29 is 14.3 Å². The van der Waals surface area contributed by atoms with Gasteiger partial charge in [0.15, 0.2) is 8.32 Å². The van der Waals surface area contributed by atoms with E-state index in [2.05, 4.69) is 39.9 Å². The standard InChI is InChI=1S/C16H26O3Si/c1-16(2,3)20(4,5)19-10-11-6-12-8-13(9-15(17)18)14(12)7-11/h7,9,12,14H,6,8,10H2,1-5H3,(H,17,18)/b13-9-/t12-,14-/m0/s1. The predicted molar refractivity (Wildman–Crippen MR) is 83.2 cm³/mol. The Morgan fingerprint density at radius 3 is 2.65 bits per heavy atom. The Kier molecular flexibility index (Phi) is 4.00. The normalized spacial score (nSPS) is 28.1. The van der Waals surface area contributed by atoms with Gasteiger partial charge in [0.2, 0.25) is 0 Å². The van der Waals surface area contributed by atoms with Crippen LogP contribution in [0.4, 0.5) is 0 Å². The molecule has 0 spiro atoms. The second-order valence-electron chi connectivity index (χ2n) is 7.63. The summed E-state index contributed by atoms with van der Waals surface area (Å²) in [5, 5.41) is 9.05. The van der Waals surface area contributed by atoms with Crippen LogP contribution in [0.25, 0.3) is 0 Å². The van der Waals surface area contributed by atoms with E-state index in [1.54, 1.807) is 0 Å². The number of carboxylic acids is 1. The molecule has 0 aromatic carbocycles. The summed E-state index contributed by atoms with van der Waals surface area (Å²) in [4.78, 5) is 10.7. The molecule has 0 bridgehead atoms. The van der Waals surface area contributed by atoms with Gasteiger partial charge in [0.05, 0.1) is 6.61 Å². The van der Waals surface area contributed by atoms with Crippen molar-refractivity contribution in [2.24, 2.45) is 11.8 Å². The summed E-state index contributed by atoms with van der Waals surface area (Å²) in [5.74, 6) is 0.167. The first-order chi connectivity index (χ1) is 9.10. The highest BCUT2D eigenvalue weighted by Gasteiger charge is 2.41. The van der Waals surface area contributed by atoms with Gasteiger partial charge in [0.1, 0.15) is 0 Å². The number of allylic oxidation sites excluding steroid dienone is 2. The molecule has 1 fully saturated rings. The maximum atomic E-state index is 10.7. The van der Waals surface area contributed by atoms with Crippen LogP contribution >= 0.6 is 0 Å². The molecule has 0 amide bonds. The molecule has 2 atom stereocenters. The molecule has 1 saturated carbocycles. The first-order valence-electron chi connectivity index (χ1n) is 7.37. The Morgan fingerprint density at radius 1 is 1.45 bits per heavy atom. The first kappa shape index (κ1) is 15.5. The van der Waals surface area contributed by atoms with Crippen molar-refractivity contribution in [2.75, 3.05) is 6.61 Å². The van der Waals surface area contributed by atoms with Gasteiger partial charge in [-0.05, 0) is 42.5 Å². The molecule has 3 nitrogen and oxygen atoms in total. The van der Waals surface area contributed by atoms with Gasteiger partial charge in [-0.1, -0.05) is 32.4 Å². The zero-order chi connectivity index (χ0) is 15.1. The van der Waals surface area contributed by atoms with E-state index in [4.69, 9.17) is 9.53 Å². The highest BCUT2D eigenvalue weighted by Crippen LogP contribution is 2.49. The van der Waals surface area contributed by atoms with Crippen molar-refractivity contribution in [3.63, 3.8) is 0 Å². The Hall–Kier alpha value is -0.873. The third-order valence-corrected chi connectivity index (χ3v) is 9.59. The molecule has 1 N–H and O–H groups in total. The van der Waals surface area contributed by atoms with Crippen LogP contribution in [0.15, 0.2) is 23.3 Å². The van der Waals surface area contributed by atoms with Gasteiger partial charge >= 0.3 is 5.97 Å². The van der Waals surface area contributed by atoms with E-state index >= 15 is 0 Å². The van der Waals surface area contributed by atoms with Crippen LogP contribution in [0.3, 0.4) is 0 Å². The smallest absolute Gasteiger partial charge is 0.328 e. The van der Waals surface area contributed by atoms with E-state index in [0.717, 1.165) is 25.0 Å². The number of hydrogen-bond acceptors (Lipinski definition) is 2. The van der Waals surface area contributed by atoms with Gasteiger partial charge in [-0.15, -0.1) is 0 Å². The summed E-state index contributed by atoms with van der Waals surface area (Å²) in [6.45, 7) is 12.0. The molecular weight excluding hydrogens is 268 g/mol. The number of fused-ring (bicyclic) bond motifs is 1. The predicted octanol–water partition coefficient (Wildman–Crippen LogP) is 3.99. The van der Waals surface area contributed by atoms with Crippen molar-refractivity contribution in [1.82, 2.24) is 0 Å². The number of rotatable bonds is 4. The fourth-order valence-electron chi connectivity index (χ4n) is 2.72. The van der Waals surface area contributed by atoms with Gasteiger partial charge in [-0.2, -0.15) is 0 Å². The minimum absolute atomic E-state index is 0.236. The van der Waals surface area contributed by atoms with E-state index in [9.17, 15) is 4.79 Å². The lowest BCUT2D eigenvalue weighted by molar-refractivity contribution is -0.131. The van der Waals surface area contributed by atoms with Crippen molar-refractivity contribution in [3.8, 4) is 0 Å². The molecule has 0 aromatic rings. The molecule has 2 aliphatic rings. The van der Waals surface area contributed by atoms with Gasteiger partial charge in [0, 0.05) is 12.0 Å². The molecular formula is C16H26O3Si. The number of aliphatic carboxylic acids is 1. The SMILES string of the molecule is CC(C)(C)[Si](C)(C)OCC1=C[C@@H]2/C(=C\C(=O)O)C[C@@H]2C1. The monoisotopic (exact) mass is 294 g/mol. The van der Waals surface area contributed by atoms with E-state index in [1.807, 2.05) is 0 Å². The van der Waals surface area contributed by atoms with Gasteiger partial charge < -0.3 is 9.53 Å². The second kappa shape index (κ2) is 5.15. The Bertz CT molecular complexity index is 469. The maximum absolute atomic E-state index is 10.7. The number of hydrogen-bond donors (Lipinski definition) is 1. The minimum Gasteiger partial charge on any atom is -0.478 e. The Morgan fingerprint density at radius 2 is 2.10 bits per heavy atom. The topological polar surface area (TPSA) is 46.5 Å². The Balaban J connectivity index is 1.94. The lowest BCUT2D eigenvalue weighted by Gasteiger charge is -2.36. The molecule has 20 heavy (non-hydrogen) atoms. The molecule has 0 saturated heterocycles. The summed E-state index contributed by atoms with van der Waals surface area (Å²) >= 11 is 0. The molecule has 2 aliphatic carbocycles.